The van der Waals surface area contributed by atoms with E-state index in [-0.39, 0.29) is 11.2 Å². The predicted octanol–water partition coefficient (Wildman–Crippen LogP) is 6.10. The van der Waals surface area contributed by atoms with E-state index in [0.717, 1.165) is 21.9 Å². The van der Waals surface area contributed by atoms with Crippen LogP contribution >= 0.6 is 0 Å². The third-order valence-electron chi connectivity index (χ3n) is 7.59. The monoisotopic (exact) mass is 435 g/mol. The van der Waals surface area contributed by atoms with Crippen molar-refractivity contribution < 1.29 is 9.31 Å². The van der Waals surface area contributed by atoms with E-state index in [0.29, 0.717) is 16.6 Å². The third-order valence-corrected chi connectivity index (χ3v) is 13.9. The molecule has 2 aromatic rings. The molecule has 0 aliphatic carbocycles. The number of pyridine rings is 1. The normalized spacial score (nSPS) is 18.2. The van der Waals surface area contributed by atoms with Gasteiger partial charge in [-0.3, -0.25) is 4.98 Å². The van der Waals surface area contributed by atoms with E-state index in [1.165, 1.54) is 0 Å². The molecule has 0 bridgehead atoms. The van der Waals surface area contributed by atoms with Crippen LogP contribution in [0.3, 0.4) is 0 Å². The van der Waals surface area contributed by atoms with Gasteiger partial charge in [-0.05, 0) is 68.0 Å². The molecule has 0 saturated carbocycles. The summed E-state index contributed by atoms with van der Waals surface area (Å²) >= 11 is 0. The summed E-state index contributed by atoms with van der Waals surface area (Å²) in [5.74, 6) is 3.64. The molecule has 0 amide bonds. The van der Waals surface area contributed by atoms with Crippen LogP contribution in [0.5, 0.6) is 0 Å². The van der Waals surface area contributed by atoms with Gasteiger partial charge >= 0.3 is 7.12 Å². The Labute approximate surface area is 190 Å². The minimum Gasteiger partial charge on any atom is -0.399 e. The van der Waals surface area contributed by atoms with Crippen molar-refractivity contribution in [2.75, 3.05) is 0 Å². The van der Waals surface area contributed by atoms with E-state index in [1.807, 2.05) is 18.3 Å². The highest BCUT2D eigenvalue weighted by atomic mass is 28.3. The lowest BCUT2D eigenvalue weighted by Crippen LogP contribution is -2.43. The van der Waals surface area contributed by atoms with Crippen LogP contribution < -0.4 is 5.46 Å². The van der Waals surface area contributed by atoms with Gasteiger partial charge in [0.2, 0.25) is 0 Å². The highest BCUT2D eigenvalue weighted by Crippen LogP contribution is 2.41. The van der Waals surface area contributed by atoms with Crippen LogP contribution in [0.1, 0.15) is 74.8 Å². The molecule has 0 atom stereocenters. The average Bonchev–Trinajstić information content (AvgIpc) is 2.88. The zero-order valence-corrected chi connectivity index (χ0v) is 22.0. The summed E-state index contributed by atoms with van der Waals surface area (Å²) in [5.41, 5.74) is 7.85. The lowest BCUT2D eigenvalue weighted by molar-refractivity contribution is 0.00578. The first-order chi connectivity index (χ1) is 14.3. The van der Waals surface area contributed by atoms with Gasteiger partial charge in [0.05, 0.1) is 16.7 Å². The predicted molar refractivity (Wildman–Crippen MR) is 135 cm³/mol. The summed E-state index contributed by atoms with van der Waals surface area (Å²) in [4.78, 5) is 4.63. The fraction of sp³-hybridized carbons (Fsp3) is 0.577. The lowest BCUT2D eigenvalue weighted by Gasteiger charge is -2.38. The summed E-state index contributed by atoms with van der Waals surface area (Å²) < 4.78 is 12.8. The molecule has 0 unspecified atom stereocenters. The first kappa shape index (κ1) is 24.0. The Hall–Kier alpha value is -1.61. The van der Waals surface area contributed by atoms with Crippen molar-refractivity contribution in [2.24, 2.45) is 0 Å². The topological polar surface area (TPSA) is 31.4 Å². The summed E-state index contributed by atoms with van der Waals surface area (Å²) in [6.07, 6.45) is 1.84. The molecule has 1 aromatic carbocycles. The van der Waals surface area contributed by atoms with Crippen molar-refractivity contribution in [1.82, 2.24) is 4.98 Å². The van der Waals surface area contributed by atoms with Gasteiger partial charge in [0.15, 0.2) is 0 Å². The number of benzene rings is 1. The van der Waals surface area contributed by atoms with Gasteiger partial charge in [0.25, 0.3) is 0 Å². The fourth-order valence-electron chi connectivity index (χ4n) is 5.11. The van der Waals surface area contributed by atoms with E-state index in [2.05, 4.69) is 97.8 Å². The SMILES string of the molecule is CC(C)[Si](C#Cc1cccc2nccc(B3OC(C)(C)C(C)(C)O3)c12)(C(C)C)C(C)C. The zero-order chi connectivity index (χ0) is 23.2. The molecule has 0 N–H and O–H groups in total. The van der Waals surface area contributed by atoms with Crippen LogP contribution in [0.25, 0.3) is 10.9 Å². The minimum absolute atomic E-state index is 0.386. The Morgan fingerprint density at radius 1 is 0.871 bits per heavy atom. The van der Waals surface area contributed by atoms with E-state index < -0.39 is 15.2 Å². The largest absolute Gasteiger partial charge is 0.495 e. The maximum absolute atomic E-state index is 6.38. The average molecular weight is 435 g/mol. The highest BCUT2D eigenvalue weighted by Gasteiger charge is 2.52. The van der Waals surface area contributed by atoms with Crippen LogP contribution in [0.15, 0.2) is 30.5 Å². The van der Waals surface area contributed by atoms with Gasteiger partial charge in [-0.15, -0.1) is 5.54 Å². The maximum atomic E-state index is 6.38. The number of rotatable bonds is 4. The molecule has 3 nitrogen and oxygen atoms in total. The van der Waals surface area contributed by atoms with Gasteiger partial charge in [-0.25, -0.2) is 0 Å². The third kappa shape index (κ3) is 4.11. The molecule has 166 valence electrons. The highest BCUT2D eigenvalue weighted by molar-refractivity contribution is 6.90. The van der Waals surface area contributed by atoms with Crippen molar-refractivity contribution in [3.63, 3.8) is 0 Å². The van der Waals surface area contributed by atoms with Crippen LogP contribution in [-0.4, -0.2) is 31.4 Å². The number of nitrogens with zero attached hydrogens (tertiary/aromatic N) is 1. The molecule has 1 aliphatic heterocycles. The minimum atomic E-state index is -1.84. The Morgan fingerprint density at radius 3 is 1.94 bits per heavy atom. The second kappa shape index (κ2) is 8.39. The molecule has 0 radical (unpaired) electrons. The van der Waals surface area contributed by atoms with Crippen molar-refractivity contribution in [2.45, 2.75) is 97.1 Å². The van der Waals surface area contributed by atoms with Crippen LogP contribution in [0.4, 0.5) is 0 Å². The number of fused-ring (bicyclic) bond motifs is 1. The molecule has 5 heteroatoms. The van der Waals surface area contributed by atoms with Gasteiger partial charge in [0.1, 0.15) is 8.07 Å². The number of hydrogen-bond acceptors (Lipinski definition) is 3. The first-order valence-corrected chi connectivity index (χ1v) is 13.8. The van der Waals surface area contributed by atoms with E-state index in [9.17, 15) is 0 Å². The molecular formula is C26H38BNO2Si. The first-order valence-electron chi connectivity index (χ1n) is 11.6. The second-order valence-corrected chi connectivity index (χ2v) is 16.4. The molecule has 3 rings (SSSR count). The Bertz CT molecular complexity index is 974. The van der Waals surface area contributed by atoms with Crippen molar-refractivity contribution in [3.05, 3.63) is 36.0 Å². The zero-order valence-electron chi connectivity index (χ0n) is 21.0. The summed E-state index contributed by atoms with van der Waals surface area (Å²) in [5, 5.41) is 1.05. The summed E-state index contributed by atoms with van der Waals surface area (Å²) in [6.45, 7) is 22.4. The van der Waals surface area contributed by atoms with Crippen LogP contribution in [-0.2, 0) is 9.31 Å². The molecule has 1 fully saturated rings. The maximum Gasteiger partial charge on any atom is 0.495 e. The Balaban J connectivity index is 2.18. The van der Waals surface area contributed by atoms with Crippen molar-refractivity contribution >= 4 is 31.6 Å². The molecular weight excluding hydrogens is 397 g/mol. The lowest BCUT2D eigenvalue weighted by atomic mass is 9.76. The molecule has 1 aromatic heterocycles. The van der Waals surface area contributed by atoms with Crippen LogP contribution in [0.2, 0.25) is 16.6 Å². The number of aromatic nitrogens is 1. The smallest absolute Gasteiger partial charge is 0.399 e. The van der Waals surface area contributed by atoms with E-state index in [4.69, 9.17) is 9.31 Å². The van der Waals surface area contributed by atoms with E-state index in [1.54, 1.807) is 0 Å². The van der Waals surface area contributed by atoms with Gasteiger partial charge < -0.3 is 9.31 Å². The molecule has 1 aliphatic rings. The van der Waals surface area contributed by atoms with Crippen LogP contribution in [0, 0.1) is 11.5 Å². The summed E-state index contributed by atoms with van der Waals surface area (Å²) in [6, 6.07) is 8.24. The molecule has 31 heavy (non-hydrogen) atoms. The standard InChI is InChI=1S/C26H38BNO2Si/c1-18(2)31(19(3)4,20(5)6)17-15-21-12-11-13-23-24(21)22(14-16-28-23)27-29-25(7,8)26(9,10)30-27/h11-14,16,18-20H,1-10H3. The van der Waals surface area contributed by atoms with Crippen molar-refractivity contribution in [1.29, 1.82) is 0 Å². The van der Waals surface area contributed by atoms with Gasteiger partial charge in [0, 0.05) is 17.1 Å². The molecule has 2 heterocycles. The van der Waals surface area contributed by atoms with Gasteiger partial charge in [-0.1, -0.05) is 53.5 Å². The number of hydrogen-bond donors (Lipinski definition) is 0. The van der Waals surface area contributed by atoms with Gasteiger partial charge in [-0.2, -0.15) is 0 Å². The quantitative estimate of drug-likeness (QED) is 0.429. The Kier molecular flexibility index (Phi) is 6.51. The molecule has 1 saturated heterocycles. The molecule has 0 spiro atoms. The Morgan fingerprint density at radius 2 is 1.42 bits per heavy atom. The summed E-state index contributed by atoms with van der Waals surface area (Å²) in [7, 11) is -2.27. The van der Waals surface area contributed by atoms with E-state index >= 15 is 0 Å². The van der Waals surface area contributed by atoms with Crippen molar-refractivity contribution in [3.8, 4) is 11.5 Å². The fourth-order valence-corrected chi connectivity index (χ4v) is 10.3. The second-order valence-electron chi connectivity index (χ2n) is 10.8.